The van der Waals surface area contributed by atoms with E-state index in [2.05, 4.69) is 0 Å². The van der Waals surface area contributed by atoms with Crippen molar-refractivity contribution in [2.45, 2.75) is 19.6 Å². The second-order valence-electron chi connectivity index (χ2n) is 1.79. The molecule has 10 heavy (non-hydrogen) atoms. The van der Waals surface area contributed by atoms with Crippen molar-refractivity contribution < 1.29 is 13.9 Å². The Kier molecular flexibility index (Phi) is 3.71. The zero-order chi connectivity index (χ0) is 8.15. The summed E-state index contributed by atoms with van der Waals surface area (Å²) in [5, 5.41) is 10.3. The highest BCUT2D eigenvalue weighted by molar-refractivity contribution is 4.99. The zero-order valence-electron chi connectivity index (χ0n) is 5.51. The number of hydrogen-bond donors (Lipinski definition) is 3. The lowest BCUT2D eigenvalue weighted by molar-refractivity contribution is 0.124. The van der Waals surface area contributed by atoms with E-state index < -0.39 is 12.7 Å². The van der Waals surface area contributed by atoms with Crippen LogP contribution in [0.5, 0.6) is 0 Å². The van der Waals surface area contributed by atoms with E-state index in [1.54, 1.807) is 5.32 Å². The second kappa shape index (κ2) is 4.05. The molecule has 0 bridgehead atoms. The fourth-order valence-electron chi connectivity index (χ4n) is 0.280. The Labute approximate surface area is 57.5 Å². The van der Waals surface area contributed by atoms with Gasteiger partial charge < -0.3 is 16.2 Å². The van der Waals surface area contributed by atoms with Crippen LogP contribution in [0.15, 0.2) is 11.9 Å². The minimum Gasteiger partial charge on any atom is -0.399 e. The molecule has 4 N–H and O–H groups in total. The standard InChI is InChI=1S/C5H10F2N2O/c1-3(10)4(8)2-9-5(6)7/h2-3,5,9-10H,8H2,1H3/b4-2-. The minimum atomic E-state index is -2.64. The normalized spacial score (nSPS) is 15.5. The summed E-state index contributed by atoms with van der Waals surface area (Å²) in [6.45, 7) is -1.25. The molecule has 0 aliphatic rings. The van der Waals surface area contributed by atoms with E-state index >= 15 is 0 Å². The smallest absolute Gasteiger partial charge is 0.312 e. The number of aliphatic hydroxyl groups is 1. The third-order valence-corrected chi connectivity index (χ3v) is 0.858. The predicted molar refractivity (Wildman–Crippen MR) is 33.1 cm³/mol. The third kappa shape index (κ3) is 4.08. The number of halogens is 2. The van der Waals surface area contributed by atoms with Crippen LogP contribution < -0.4 is 11.1 Å². The van der Waals surface area contributed by atoms with Gasteiger partial charge in [0.25, 0.3) is 0 Å². The lowest BCUT2D eigenvalue weighted by atomic mass is 10.3. The molecule has 0 rings (SSSR count). The quantitative estimate of drug-likeness (QED) is 0.498. The molecule has 5 heteroatoms. The van der Waals surface area contributed by atoms with Gasteiger partial charge >= 0.3 is 6.55 Å². The van der Waals surface area contributed by atoms with Gasteiger partial charge in [-0.2, -0.15) is 8.78 Å². The van der Waals surface area contributed by atoms with Gasteiger partial charge in [0, 0.05) is 6.20 Å². The maximum Gasteiger partial charge on any atom is 0.312 e. The average molecular weight is 152 g/mol. The molecule has 0 heterocycles. The Hall–Kier alpha value is -0.840. The van der Waals surface area contributed by atoms with Crippen LogP contribution in [0.4, 0.5) is 8.78 Å². The molecular formula is C5H10F2N2O. The summed E-state index contributed by atoms with van der Waals surface area (Å²) in [5.41, 5.74) is 5.07. The van der Waals surface area contributed by atoms with Crippen molar-refractivity contribution in [3.63, 3.8) is 0 Å². The molecule has 0 saturated heterocycles. The second-order valence-corrected chi connectivity index (χ2v) is 1.79. The van der Waals surface area contributed by atoms with Crippen LogP contribution in [0, 0.1) is 0 Å². The molecule has 0 aromatic carbocycles. The van der Waals surface area contributed by atoms with Crippen LogP contribution in [0.1, 0.15) is 6.92 Å². The van der Waals surface area contributed by atoms with Crippen LogP contribution in [0.25, 0.3) is 0 Å². The van der Waals surface area contributed by atoms with Crippen molar-refractivity contribution in [3.8, 4) is 0 Å². The van der Waals surface area contributed by atoms with Gasteiger partial charge in [0.2, 0.25) is 0 Å². The lowest BCUT2D eigenvalue weighted by Gasteiger charge is -2.04. The van der Waals surface area contributed by atoms with Gasteiger partial charge in [-0.3, -0.25) is 0 Å². The fraction of sp³-hybridized carbons (Fsp3) is 0.600. The first-order valence-corrected chi connectivity index (χ1v) is 2.72. The van der Waals surface area contributed by atoms with Crippen molar-refractivity contribution in [3.05, 3.63) is 11.9 Å². The molecule has 3 nitrogen and oxygen atoms in total. The van der Waals surface area contributed by atoms with Gasteiger partial charge in [0.15, 0.2) is 0 Å². The Morgan fingerprint density at radius 3 is 2.50 bits per heavy atom. The number of rotatable bonds is 3. The summed E-state index contributed by atoms with van der Waals surface area (Å²) in [4.78, 5) is 0. The van der Waals surface area contributed by atoms with Gasteiger partial charge in [-0.05, 0) is 6.92 Å². The maximum atomic E-state index is 11.4. The Bertz CT molecular complexity index is 125. The molecule has 0 aliphatic heterocycles. The van der Waals surface area contributed by atoms with Gasteiger partial charge in [-0.1, -0.05) is 0 Å². The summed E-state index contributed by atoms with van der Waals surface area (Å²) < 4.78 is 22.7. The molecule has 0 saturated carbocycles. The van der Waals surface area contributed by atoms with Crippen molar-refractivity contribution in [1.82, 2.24) is 5.32 Å². The number of nitrogens with two attached hydrogens (primary N) is 1. The summed E-state index contributed by atoms with van der Waals surface area (Å²) in [6, 6.07) is 0. The molecule has 0 radical (unpaired) electrons. The molecule has 1 atom stereocenters. The van der Waals surface area contributed by atoms with Gasteiger partial charge in [0.1, 0.15) is 0 Å². The first-order valence-electron chi connectivity index (χ1n) is 2.72. The van der Waals surface area contributed by atoms with Crippen LogP contribution in [0.2, 0.25) is 0 Å². The van der Waals surface area contributed by atoms with Gasteiger partial charge in [0.05, 0.1) is 11.8 Å². The van der Waals surface area contributed by atoms with E-state index in [4.69, 9.17) is 10.8 Å². The van der Waals surface area contributed by atoms with E-state index in [0.717, 1.165) is 6.20 Å². The summed E-state index contributed by atoms with van der Waals surface area (Å²) >= 11 is 0. The average Bonchev–Trinajstić information content (AvgIpc) is 1.82. The van der Waals surface area contributed by atoms with Crippen LogP contribution in [-0.4, -0.2) is 17.8 Å². The molecule has 0 aromatic heterocycles. The lowest BCUT2D eigenvalue weighted by Crippen LogP contribution is -2.20. The van der Waals surface area contributed by atoms with Crippen LogP contribution in [0.3, 0.4) is 0 Å². The van der Waals surface area contributed by atoms with E-state index in [1.807, 2.05) is 0 Å². The van der Waals surface area contributed by atoms with Crippen LogP contribution >= 0.6 is 0 Å². The first kappa shape index (κ1) is 9.16. The van der Waals surface area contributed by atoms with E-state index in [-0.39, 0.29) is 5.70 Å². The molecule has 0 fully saturated rings. The van der Waals surface area contributed by atoms with E-state index in [9.17, 15) is 8.78 Å². The highest BCUT2D eigenvalue weighted by atomic mass is 19.3. The summed E-state index contributed by atoms with van der Waals surface area (Å²) in [6.07, 6.45) is -0.0127. The highest BCUT2D eigenvalue weighted by Gasteiger charge is 2.00. The van der Waals surface area contributed by atoms with Gasteiger partial charge in [-0.25, -0.2) is 0 Å². The molecule has 60 valence electrons. The molecule has 0 aliphatic carbocycles. The molecule has 0 spiro atoms. The van der Waals surface area contributed by atoms with Crippen LogP contribution in [-0.2, 0) is 0 Å². The van der Waals surface area contributed by atoms with Crippen molar-refractivity contribution >= 4 is 0 Å². The topological polar surface area (TPSA) is 58.3 Å². The first-order chi connectivity index (χ1) is 4.54. The molecule has 1 unspecified atom stereocenters. The molecule has 0 aromatic rings. The monoisotopic (exact) mass is 152 g/mol. The van der Waals surface area contributed by atoms with Gasteiger partial charge in [-0.15, -0.1) is 0 Å². The summed E-state index contributed by atoms with van der Waals surface area (Å²) in [5.74, 6) is 0. The highest BCUT2D eigenvalue weighted by Crippen LogP contribution is 1.92. The van der Waals surface area contributed by atoms with E-state index in [0.29, 0.717) is 0 Å². The number of hydrogen-bond acceptors (Lipinski definition) is 3. The third-order valence-electron chi connectivity index (χ3n) is 0.858. The fourth-order valence-corrected chi connectivity index (χ4v) is 0.280. The number of alkyl halides is 2. The van der Waals surface area contributed by atoms with Crippen molar-refractivity contribution in [2.24, 2.45) is 5.73 Å². The SMILES string of the molecule is CC(O)/C(N)=C/NC(F)F. The number of nitrogens with one attached hydrogen (secondary N) is 1. The van der Waals surface area contributed by atoms with Crippen molar-refractivity contribution in [2.75, 3.05) is 0 Å². The van der Waals surface area contributed by atoms with E-state index in [1.165, 1.54) is 6.92 Å². The predicted octanol–water partition coefficient (Wildman–Crippen LogP) is -0.0205. The summed E-state index contributed by atoms with van der Waals surface area (Å²) in [7, 11) is 0. The number of aliphatic hydroxyl groups excluding tert-OH is 1. The minimum absolute atomic E-state index is 0.0136. The zero-order valence-corrected chi connectivity index (χ0v) is 5.51. The Morgan fingerprint density at radius 1 is 1.70 bits per heavy atom. The molecular weight excluding hydrogens is 142 g/mol. The molecule has 0 amide bonds. The Balaban J connectivity index is 3.69. The maximum absolute atomic E-state index is 11.4. The Morgan fingerprint density at radius 2 is 2.20 bits per heavy atom. The largest absolute Gasteiger partial charge is 0.399 e. The van der Waals surface area contributed by atoms with Crippen molar-refractivity contribution in [1.29, 1.82) is 0 Å².